The normalized spacial score (nSPS) is 12.8. The van der Waals surface area contributed by atoms with Crippen LogP contribution in [0.1, 0.15) is 112 Å². The van der Waals surface area contributed by atoms with Crippen molar-refractivity contribution in [2.24, 2.45) is 17.3 Å². The van der Waals surface area contributed by atoms with Crippen molar-refractivity contribution in [1.29, 1.82) is 0 Å². The topological polar surface area (TPSA) is 76.5 Å². The molecular weight excluding hydrogens is 912 g/mol. The number of furan rings is 2. The van der Waals surface area contributed by atoms with Crippen molar-refractivity contribution in [2.75, 3.05) is 0 Å². The average molecular weight is 965 g/mol. The van der Waals surface area contributed by atoms with Crippen LogP contribution >= 0.6 is 11.3 Å². The van der Waals surface area contributed by atoms with Gasteiger partial charge in [0, 0.05) is 78.5 Å². The van der Waals surface area contributed by atoms with Gasteiger partial charge in [0.25, 0.3) is 0 Å². The number of ketones is 1. The SMILES string of the molecule is CC(C)(C)Cc1cc2oc(-c3sc4c(-c5[c-]c6ccccc6c(C(C)(C)C)c5)nccc4c3C(F)(F)F)cc2o1.CCC(CC)C(=O)/C=C(\O)C(CC)CC.[Ir]. The number of fused-ring (bicyclic) bond motifs is 3. The van der Waals surface area contributed by atoms with Crippen molar-refractivity contribution in [3.63, 3.8) is 0 Å². The van der Waals surface area contributed by atoms with Crippen LogP contribution in [0.4, 0.5) is 13.2 Å². The molecule has 0 saturated carbocycles. The van der Waals surface area contributed by atoms with E-state index in [2.05, 4.69) is 58.7 Å². The molecule has 4 aromatic heterocycles. The molecule has 10 heteroatoms. The Bertz CT molecular complexity index is 2280. The van der Waals surface area contributed by atoms with Crippen molar-refractivity contribution in [3.05, 3.63) is 89.5 Å². The third kappa shape index (κ3) is 10.0. The quantitative estimate of drug-likeness (QED) is 0.0841. The van der Waals surface area contributed by atoms with E-state index in [1.54, 1.807) is 12.1 Å². The van der Waals surface area contributed by atoms with E-state index in [4.69, 9.17) is 8.83 Å². The zero-order valence-corrected chi connectivity index (χ0v) is 37.2. The molecule has 5 nitrogen and oxygen atoms in total. The fourth-order valence-electron chi connectivity index (χ4n) is 7.04. The molecule has 0 bridgehead atoms. The summed E-state index contributed by atoms with van der Waals surface area (Å²) >= 11 is 1.04. The largest absolute Gasteiger partial charge is 0.512 e. The molecule has 1 N–H and O–H groups in total. The number of alkyl halides is 3. The second kappa shape index (κ2) is 17.8. The van der Waals surface area contributed by atoms with Crippen LogP contribution in [0.3, 0.4) is 0 Å². The second-order valence-corrected chi connectivity index (χ2v) is 17.5. The van der Waals surface area contributed by atoms with Gasteiger partial charge in [0.05, 0.1) is 16.2 Å². The van der Waals surface area contributed by atoms with E-state index < -0.39 is 11.7 Å². The Labute approximate surface area is 346 Å². The number of thiophene rings is 1. The van der Waals surface area contributed by atoms with E-state index in [0.29, 0.717) is 33.5 Å². The van der Waals surface area contributed by atoms with Gasteiger partial charge < -0.3 is 13.9 Å². The number of carbonyl (C=O) groups is 1. The molecule has 0 atom stereocenters. The molecule has 0 unspecified atom stereocenters. The van der Waals surface area contributed by atoms with E-state index in [1.807, 2.05) is 52.0 Å². The van der Waals surface area contributed by atoms with Crippen LogP contribution in [0.15, 0.2) is 75.4 Å². The average Bonchev–Trinajstić information content (AvgIpc) is 3.79. The number of nitrogens with zero attached hydrogens (tertiary/aromatic N) is 1. The van der Waals surface area contributed by atoms with Gasteiger partial charge in [-0.05, 0) is 42.6 Å². The van der Waals surface area contributed by atoms with Crippen molar-refractivity contribution in [3.8, 4) is 21.9 Å². The third-order valence-corrected chi connectivity index (χ3v) is 11.2. The number of pyridine rings is 1. The Morgan fingerprint density at radius 2 is 1.50 bits per heavy atom. The Morgan fingerprint density at radius 1 is 0.875 bits per heavy atom. The first-order valence-corrected chi connectivity index (χ1v) is 20.0. The minimum absolute atomic E-state index is 0. The summed E-state index contributed by atoms with van der Waals surface area (Å²) in [4.78, 5) is 16.3. The van der Waals surface area contributed by atoms with E-state index in [1.165, 1.54) is 18.3 Å². The second-order valence-electron chi connectivity index (χ2n) is 16.5. The van der Waals surface area contributed by atoms with Crippen molar-refractivity contribution in [1.82, 2.24) is 4.98 Å². The summed E-state index contributed by atoms with van der Waals surface area (Å²) in [6.45, 7) is 20.7. The van der Waals surface area contributed by atoms with Gasteiger partial charge in [-0.2, -0.15) is 13.2 Å². The molecule has 0 fully saturated rings. The van der Waals surface area contributed by atoms with Gasteiger partial charge in [0.1, 0.15) is 11.5 Å². The molecule has 1 radical (unpaired) electrons. The van der Waals surface area contributed by atoms with Gasteiger partial charge in [-0.15, -0.1) is 40.5 Å². The smallest absolute Gasteiger partial charge is 0.418 e. The molecule has 4 heterocycles. The van der Waals surface area contributed by atoms with E-state index in [9.17, 15) is 23.1 Å². The zero-order valence-electron chi connectivity index (χ0n) is 34.0. The van der Waals surface area contributed by atoms with Gasteiger partial charge in [0.15, 0.2) is 16.9 Å². The first-order valence-electron chi connectivity index (χ1n) is 19.2. The number of aliphatic hydroxyl groups excluding tert-OH is 1. The maximum atomic E-state index is 14.6. The Kier molecular flexibility index (Phi) is 14.3. The van der Waals surface area contributed by atoms with Gasteiger partial charge >= 0.3 is 6.18 Å². The fourth-order valence-corrected chi connectivity index (χ4v) is 8.31. The maximum absolute atomic E-state index is 14.6. The van der Waals surface area contributed by atoms with Gasteiger partial charge in [-0.3, -0.25) is 9.78 Å². The van der Waals surface area contributed by atoms with Crippen molar-refractivity contribution in [2.45, 2.75) is 113 Å². The third-order valence-electron chi connectivity index (χ3n) is 10.00. The summed E-state index contributed by atoms with van der Waals surface area (Å²) in [5.41, 5.74) is 2.19. The summed E-state index contributed by atoms with van der Waals surface area (Å²) in [6, 6.07) is 18.1. The number of carbonyl (C=O) groups excluding carboxylic acids is 1. The molecule has 303 valence electrons. The van der Waals surface area contributed by atoms with Gasteiger partial charge in [-0.25, -0.2) is 0 Å². The monoisotopic (exact) mass is 965 g/mol. The standard InChI is InChI=1S/C33H29F3NO2S.C13H24O2.Ir/c1-31(2,3)17-20-15-24-25(38-20)16-26(39-24)30-27(33(34,35)36)22-11-12-37-28(29(22)40-30)19-13-18-9-7-8-10-21(18)23(14-19)32(4,5)6;1-5-10(6-2)12(14)9-13(15)11(7-3)8-4;/h7-12,14-16H,17H2,1-6H3;9-11,14H,5-8H2,1-4H3;/q-1;;/b;12-9-;. The molecule has 0 spiro atoms. The number of rotatable bonds is 10. The van der Waals surface area contributed by atoms with Gasteiger partial charge in [-0.1, -0.05) is 98.4 Å². The molecule has 6 rings (SSSR count). The minimum Gasteiger partial charge on any atom is -0.512 e. The molecular formula is C46H53F3IrNO4S-. The molecule has 0 amide bonds. The van der Waals surface area contributed by atoms with Crippen LogP contribution in [0.5, 0.6) is 0 Å². The van der Waals surface area contributed by atoms with Crippen LogP contribution in [0, 0.1) is 23.3 Å². The first-order chi connectivity index (χ1) is 25.8. The predicted molar refractivity (Wildman–Crippen MR) is 220 cm³/mol. The number of hydrogen-bond acceptors (Lipinski definition) is 6. The number of benzene rings is 2. The van der Waals surface area contributed by atoms with E-state index >= 15 is 0 Å². The minimum atomic E-state index is -4.60. The van der Waals surface area contributed by atoms with E-state index in [0.717, 1.165) is 59.1 Å². The predicted octanol–water partition coefficient (Wildman–Crippen LogP) is 14.7. The number of aromatic nitrogens is 1. The van der Waals surface area contributed by atoms with Crippen LogP contribution in [0.2, 0.25) is 0 Å². The summed E-state index contributed by atoms with van der Waals surface area (Å²) < 4.78 is 56.2. The Hall–Kier alpha value is -3.72. The van der Waals surface area contributed by atoms with Gasteiger partial charge in [0.2, 0.25) is 0 Å². The summed E-state index contributed by atoms with van der Waals surface area (Å²) in [7, 11) is 0. The summed E-state index contributed by atoms with van der Waals surface area (Å²) in [6.07, 6.45) is 2.44. The Morgan fingerprint density at radius 3 is 2.07 bits per heavy atom. The molecule has 0 aliphatic rings. The van der Waals surface area contributed by atoms with Crippen LogP contribution in [-0.4, -0.2) is 15.9 Å². The molecule has 56 heavy (non-hydrogen) atoms. The summed E-state index contributed by atoms with van der Waals surface area (Å²) in [5, 5.41) is 11.8. The fraction of sp³-hybridized carbons (Fsp3) is 0.435. The molecule has 6 aromatic rings. The Balaban J connectivity index is 0.000000372. The van der Waals surface area contributed by atoms with Crippen molar-refractivity contribution < 1.29 is 52.0 Å². The molecule has 0 aliphatic heterocycles. The first kappa shape index (κ1) is 45.0. The number of halogens is 3. The molecule has 2 aromatic carbocycles. The molecule has 0 saturated heterocycles. The van der Waals surface area contributed by atoms with Crippen LogP contribution < -0.4 is 0 Å². The van der Waals surface area contributed by atoms with Crippen molar-refractivity contribution >= 4 is 49.1 Å². The maximum Gasteiger partial charge on any atom is 0.418 e. The van der Waals surface area contributed by atoms with E-state index in [-0.39, 0.29) is 70.3 Å². The molecule has 0 aliphatic carbocycles. The van der Waals surface area contributed by atoms with Crippen LogP contribution in [-0.2, 0) is 42.9 Å². The number of hydrogen-bond donors (Lipinski definition) is 1. The number of allylic oxidation sites excluding steroid dienone is 2. The number of aliphatic hydroxyl groups is 1. The zero-order chi connectivity index (χ0) is 40.5. The summed E-state index contributed by atoms with van der Waals surface area (Å²) in [5.74, 6) is 1.42. The van der Waals surface area contributed by atoms with Crippen LogP contribution in [0.25, 0.3) is 53.9 Å².